The zero-order chi connectivity index (χ0) is 17.9. The molecule has 1 heterocycles. The topological polar surface area (TPSA) is 92.9 Å². The highest BCUT2D eigenvalue weighted by atomic mass is 35.5. The average molecular weight is 392 g/mol. The second-order valence-corrected chi connectivity index (χ2v) is 7.69. The average Bonchev–Trinajstić information content (AvgIpc) is 3.00. The molecule has 1 aromatic rings. The number of benzene rings is 1. The Morgan fingerprint density at radius 3 is 2.48 bits per heavy atom. The SMILES string of the molecule is CCN(CC)S(=O)(=O)c1ccc(OC)c(C(=O)N2CC[C@@H](N)C2)c1.Cl. The number of halogens is 1. The second kappa shape index (κ2) is 8.84. The van der Waals surface area contributed by atoms with E-state index in [1.54, 1.807) is 18.7 Å². The van der Waals surface area contributed by atoms with Crippen LogP contribution >= 0.6 is 12.4 Å². The molecule has 25 heavy (non-hydrogen) atoms. The molecule has 1 aromatic carbocycles. The van der Waals surface area contributed by atoms with Gasteiger partial charge < -0.3 is 15.4 Å². The molecule has 1 aliphatic rings. The van der Waals surface area contributed by atoms with Gasteiger partial charge in [-0.15, -0.1) is 12.4 Å². The van der Waals surface area contributed by atoms with Gasteiger partial charge in [-0.2, -0.15) is 4.31 Å². The molecule has 0 radical (unpaired) electrons. The van der Waals surface area contributed by atoms with Crippen LogP contribution in [0.15, 0.2) is 23.1 Å². The van der Waals surface area contributed by atoms with Gasteiger partial charge in [0.05, 0.1) is 17.6 Å². The number of sulfonamides is 1. The van der Waals surface area contributed by atoms with Crippen LogP contribution in [-0.4, -0.2) is 62.9 Å². The second-order valence-electron chi connectivity index (χ2n) is 5.75. The minimum Gasteiger partial charge on any atom is -0.496 e. The maximum Gasteiger partial charge on any atom is 0.257 e. The van der Waals surface area contributed by atoms with Crippen molar-refractivity contribution in [3.63, 3.8) is 0 Å². The molecule has 0 saturated carbocycles. The Balaban J connectivity index is 0.00000312. The number of carbonyl (C=O) groups excluding carboxylic acids is 1. The Morgan fingerprint density at radius 1 is 1.36 bits per heavy atom. The van der Waals surface area contributed by atoms with Crippen LogP contribution in [0.5, 0.6) is 5.75 Å². The number of amides is 1. The fourth-order valence-electron chi connectivity index (χ4n) is 2.87. The van der Waals surface area contributed by atoms with Gasteiger partial charge in [-0.1, -0.05) is 13.8 Å². The van der Waals surface area contributed by atoms with Crippen LogP contribution in [0.2, 0.25) is 0 Å². The number of rotatable bonds is 6. The van der Waals surface area contributed by atoms with Gasteiger partial charge in [-0.05, 0) is 24.6 Å². The molecule has 0 aromatic heterocycles. The highest BCUT2D eigenvalue weighted by molar-refractivity contribution is 7.89. The standard InChI is InChI=1S/C16H25N3O4S.ClH/c1-4-19(5-2)24(21,22)13-6-7-15(23-3)14(10-13)16(20)18-9-8-12(17)11-18;/h6-7,10,12H,4-5,8-9,11,17H2,1-3H3;1H/t12-;/m1./s1. The minimum absolute atomic E-state index is 0. The molecular formula is C16H26ClN3O4S. The third-order valence-corrected chi connectivity index (χ3v) is 6.30. The van der Waals surface area contributed by atoms with Crippen molar-refractivity contribution in [3.05, 3.63) is 23.8 Å². The summed E-state index contributed by atoms with van der Waals surface area (Å²) in [6.07, 6.45) is 0.742. The summed E-state index contributed by atoms with van der Waals surface area (Å²) in [6, 6.07) is 4.36. The number of nitrogens with two attached hydrogens (primary N) is 1. The maximum absolute atomic E-state index is 12.7. The molecule has 7 nitrogen and oxygen atoms in total. The molecule has 9 heteroatoms. The van der Waals surface area contributed by atoms with Crippen molar-refractivity contribution in [2.24, 2.45) is 5.73 Å². The van der Waals surface area contributed by atoms with E-state index >= 15 is 0 Å². The van der Waals surface area contributed by atoms with E-state index in [0.29, 0.717) is 31.9 Å². The summed E-state index contributed by atoms with van der Waals surface area (Å²) < 4.78 is 32.0. The summed E-state index contributed by atoms with van der Waals surface area (Å²) in [5.41, 5.74) is 6.11. The van der Waals surface area contributed by atoms with Crippen molar-refractivity contribution in [1.82, 2.24) is 9.21 Å². The van der Waals surface area contributed by atoms with Gasteiger partial charge in [0.25, 0.3) is 5.91 Å². The molecule has 1 aliphatic heterocycles. The third kappa shape index (κ3) is 4.44. The van der Waals surface area contributed by atoms with E-state index in [1.165, 1.54) is 29.6 Å². The van der Waals surface area contributed by atoms with Crippen molar-refractivity contribution < 1.29 is 17.9 Å². The number of hydrogen-bond acceptors (Lipinski definition) is 5. The van der Waals surface area contributed by atoms with Crippen molar-refractivity contribution in [2.75, 3.05) is 33.3 Å². The quantitative estimate of drug-likeness (QED) is 0.789. The molecule has 0 bridgehead atoms. The normalized spacial score (nSPS) is 17.5. The van der Waals surface area contributed by atoms with E-state index in [9.17, 15) is 13.2 Å². The van der Waals surface area contributed by atoms with E-state index in [-0.39, 0.29) is 34.8 Å². The van der Waals surface area contributed by atoms with Gasteiger partial charge in [0.2, 0.25) is 10.0 Å². The highest BCUT2D eigenvalue weighted by Gasteiger charge is 2.29. The van der Waals surface area contributed by atoms with Gasteiger partial charge >= 0.3 is 0 Å². The molecule has 1 amide bonds. The summed E-state index contributed by atoms with van der Waals surface area (Å²) in [7, 11) is -2.18. The summed E-state index contributed by atoms with van der Waals surface area (Å²) in [6.45, 7) is 5.33. The number of nitrogens with zero attached hydrogens (tertiary/aromatic N) is 2. The van der Waals surface area contributed by atoms with Crippen LogP contribution in [-0.2, 0) is 10.0 Å². The maximum atomic E-state index is 12.7. The van der Waals surface area contributed by atoms with Crippen molar-refractivity contribution in [3.8, 4) is 5.75 Å². The predicted octanol–water partition coefficient (Wildman–Crippen LogP) is 1.32. The van der Waals surface area contributed by atoms with Crippen LogP contribution in [0.4, 0.5) is 0 Å². The molecule has 1 atom stereocenters. The molecule has 142 valence electrons. The van der Waals surface area contributed by atoms with Crippen molar-refractivity contribution in [2.45, 2.75) is 31.2 Å². The van der Waals surface area contributed by atoms with Crippen LogP contribution in [0.3, 0.4) is 0 Å². The van der Waals surface area contributed by atoms with E-state index in [0.717, 1.165) is 6.42 Å². The molecular weight excluding hydrogens is 366 g/mol. The lowest BCUT2D eigenvalue weighted by atomic mass is 10.1. The van der Waals surface area contributed by atoms with E-state index in [2.05, 4.69) is 0 Å². The van der Waals surface area contributed by atoms with Crippen molar-refractivity contribution in [1.29, 1.82) is 0 Å². The Kier molecular flexibility index (Phi) is 7.67. The van der Waals surface area contributed by atoms with Crippen molar-refractivity contribution >= 4 is 28.3 Å². The Hall–Kier alpha value is -1.35. The van der Waals surface area contributed by atoms with Gasteiger partial charge in [0.15, 0.2) is 0 Å². The first kappa shape index (κ1) is 21.7. The molecule has 2 rings (SSSR count). The van der Waals surface area contributed by atoms with Gasteiger partial charge in [0.1, 0.15) is 5.75 Å². The fourth-order valence-corrected chi connectivity index (χ4v) is 4.35. The molecule has 1 saturated heterocycles. The Bertz CT molecular complexity index is 707. The van der Waals surface area contributed by atoms with Gasteiger partial charge in [-0.25, -0.2) is 8.42 Å². The van der Waals surface area contributed by atoms with Crippen LogP contribution in [0, 0.1) is 0 Å². The number of hydrogen-bond donors (Lipinski definition) is 1. The first-order valence-electron chi connectivity index (χ1n) is 8.08. The summed E-state index contributed by atoms with van der Waals surface area (Å²) >= 11 is 0. The lowest BCUT2D eigenvalue weighted by Gasteiger charge is -2.21. The third-order valence-electron chi connectivity index (χ3n) is 4.26. The molecule has 0 aliphatic carbocycles. The van der Waals surface area contributed by atoms with E-state index in [4.69, 9.17) is 10.5 Å². The van der Waals surface area contributed by atoms with Crippen LogP contribution in [0.25, 0.3) is 0 Å². The minimum atomic E-state index is -3.63. The lowest BCUT2D eigenvalue weighted by molar-refractivity contribution is 0.0787. The van der Waals surface area contributed by atoms with Crippen LogP contribution in [0.1, 0.15) is 30.6 Å². The van der Waals surface area contributed by atoms with Gasteiger partial charge in [-0.3, -0.25) is 4.79 Å². The number of ether oxygens (including phenoxy) is 1. The van der Waals surface area contributed by atoms with E-state index < -0.39 is 10.0 Å². The zero-order valence-electron chi connectivity index (χ0n) is 14.8. The monoisotopic (exact) mass is 391 g/mol. The summed E-state index contributed by atoms with van der Waals surface area (Å²) in [5, 5.41) is 0. The smallest absolute Gasteiger partial charge is 0.257 e. The number of methoxy groups -OCH3 is 1. The fraction of sp³-hybridized carbons (Fsp3) is 0.562. The molecule has 0 unspecified atom stereocenters. The molecule has 0 spiro atoms. The molecule has 1 fully saturated rings. The van der Waals surface area contributed by atoms with E-state index in [1.807, 2.05) is 0 Å². The van der Waals surface area contributed by atoms with Crippen LogP contribution < -0.4 is 10.5 Å². The number of likely N-dealkylation sites (tertiary alicyclic amines) is 1. The molecule has 2 N–H and O–H groups in total. The summed E-state index contributed by atoms with van der Waals surface area (Å²) in [4.78, 5) is 14.5. The Labute approximate surface area is 155 Å². The van der Waals surface area contributed by atoms with Gasteiger partial charge in [0, 0.05) is 32.2 Å². The lowest BCUT2D eigenvalue weighted by Crippen LogP contribution is -2.33. The highest BCUT2D eigenvalue weighted by Crippen LogP contribution is 2.26. The first-order chi connectivity index (χ1) is 11.3. The zero-order valence-corrected chi connectivity index (χ0v) is 16.4. The largest absolute Gasteiger partial charge is 0.496 e. The Morgan fingerprint density at radius 2 is 2.00 bits per heavy atom. The predicted molar refractivity (Wildman–Crippen MR) is 98.8 cm³/mol. The first-order valence-corrected chi connectivity index (χ1v) is 9.52. The number of carbonyl (C=O) groups is 1. The summed E-state index contributed by atoms with van der Waals surface area (Å²) in [5.74, 6) is 0.107.